The summed E-state index contributed by atoms with van der Waals surface area (Å²) in [7, 11) is 0. The summed E-state index contributed by atoms with van der Waals surface area (Å²) in [4.78, 5) is 25.1. The summed E-state index contributed by atoms with van der Waals surface area (Å²) in [5.41, 5.74) is 1.39. The second kappa shape index (κ2) is 5.65. The molecule has 0 saturated carbocycles. The molecule has 3 rings (SSSR count). The van der Waals surface area contributed by atoms with Crippen LogP contribution in [-0.4, -0.2) is 44.1 Å². The lowest BCUT2D eigenvalue weighted by Gasteiger charge is -2.20. The maximum Gasteiger partial charge on any atom is 0.327 e. The average Bonchev–Trinajstić information content (AvgIpc) is 3.17. The third-order valence-corrected chi connectivity index (χ3v) is 4.44. The van der Waals surface area contributed by atoms with Gasteiger partial charge in [0.15, 0.2) is 0 Å². The Morgan fingerprint density at radius 3 is 2.67 bits per heavy atom. The Morgan fingerprint density at radius 2 is 1.95 bits per heavy atom. The lowest BCUT2D eigenvalue weighted by atomic mass is 10.1. The Bertz CT molecular complexity index is 669. The van der Waals surface area contributed by atoms with Crippen molar-refractivity contribution in [3.05, 3.63) is 54.4 Å². The molecule has 1 amide bonds. The lowest BCUT2D eigenvalue weighted by Crippen LogP contribution is -2.41. The van der Waals surface area contributed by atoms with Crippen LogP contribution in [0.4, 0.5) is 0 Å². The van der Waals surface area contributed by atoms with Gasteiger partial charge in [0.25, 0.3) is 5.91 Å². The molecule has 0 unspecified atom stereocenters. The number of carboxylic acids is 1. The molecule has 6 heteroatoms. The summed E-state index contributed by atoms with van der Waals surface area (Å²) < 4.78 is 1.91. The van der Waals surface area contributed by atoms with Gasteiger partial charge in [-0.15, -0.1) is 11.8 Å². The highest BCUT2D eigenvalue weighted by atomic mass is 32.2. The number of rotatable bonds is 3. The van der Waals surface area contributed by atoms with Gasteiger partial charge in [-0.3, -0.25) is 4.79 Å². The number of hydrogen-bond donors (Lipinski definition) is 1. The fourth-order valence-corrected chi connectivity index (χ4v) is 3.46. The Balaban J connectivity index is 1.88. The Hall–Kier alpha value is -2.21. The van der Waals surface area contributed by atoms with Crippen molar-refractivity contribution in [3.8, 4) is 5.69 Å². The van der Waals surface area contributed by atoms with Crippen molar-refractivity contribution in [2.75, 3.05) is 11.6 Å². The van der Waals surface area contributed by atoms with E-state index in [1.165, 1.54) is 16.7 Å². The fraction of sp³-hybridized carbons (Fsp3) is 0.200. The zero-order valence-corrected chi connectivity index (χ0v) is 12.0. The minimum absolute atomic E-state index is 0.235. The van der Waals surface area contributed by atoms with E-state index in [9.17, 15) is 14.7 Å². The van der Waals surface area contributed by atoms with E-state index in [4.69, 9.17) is 0 Å². The molecule has 1 aromatic heterocycles. The maximum atomic E-state index is 12.5. The first-order valence-electron chi connectivity index (χ1n) is 6.52. The summed E-state index contributed by atoms with van der Waals surface area (Å²) in [5, 5.41) is 9.17. The largest absolute Gasteiger partial charge is 0.480 e. The van der Waals surface area contributed by atoms with E-state index in [1.54, 1.807) is 12.1 Å². The van der Waals surface area contributed by atoms with Crippen molar-refractivity contribution in [2.24, 2.45) is 0 Å². The van der Waals surface area contributed by atoms with Crippen LogP contribution in [0, 0.1) is 0 Å². The first-order valence-corrected chi connectivity index (χ1v) is 7.67. The number of aliphatic carboxylic acids is 1. The highest BCUT2D eigenvalue weighted by molar-refractivity contribution is 7.99. The topological polar surface area (TPSA) is 62.5 Å². The van der Waals surface area contributed by atoms with Crippen LogP contribution >= 0.6 is 11.8 Å². The number of carbonyl (C=O) groups is 2. The summed E-state index contributed by atoms with van der Waals surface area (Å²) in [5.74, 6) is -0.321. The molecule has 0 radical (unpaired) electrons. The summed E-state index contributed by atoms with van der Waals surface area (Å²) in [6, 6.07) is 10.3. The number of benzene rings is 1. The van der Waals surface area contributed by atoms with E-state index < -0.39 is 12.0 Å². The lowest BCUT2D eigenvalue weighted by molar-refractivity contribution is -0.140. The molecule has 1 fully saturated rings. The van der Waals surface area contributed by atoms with Crippen molar-refractivity contribution in [3.63, 3.8) is 0 Å². The summed E-state index contributed by atoms with van der Waals surface area (Å²) in [6.45, 7) is 0. The predicted molar refractivity (Wildman–Crippen MR) is 80.7 cm³/mol. The molecular weight excluding hydrogens is 288 g/mol. The van der Waals surface area contributed by atoms with Crippen LogP contribution in [-0.2, 0) is 4.79 Å². The monoisotopic (exact) mass is 302 g/mol. The minimum atomic E-state index is -0.949. The summed E-state index contributed by atoms with van der Waals surface area (Å²) >= 11 is 1.46. The number of hydrogen-bond acceptors (Lipinski definition) is 3. The van der Waals surface area contributed by atoms with Crippen LogP contribution < -0.4 is 0 Å². The summed E-state index contributed by atoms with van der Waals surface area (Å²) in [6.07, 6.45) is 3.80. The molecular formula is C15H14N2O3S. The van der Waals surface area contributed by atoms with Crippen molar-refractivity contribution in [1.29, 1.82) is 0 Å². The van der Waals surface area contributed by atoms with Crippen molar-refractivity contribution in [2.45, 2.75) is 6.04 Å². The van der Waals surface area contributed by atoms with Crippen LogP contribution in [0.25, 0.3) is 5.69 Å². The normalized spacial score (nSPS) is 17.9. The van der Waals surface area contributed by atoms with Crippen LogP contribution in [0.5, 0.6) is 0 Å². The number of carbonyl (C=O) groups excluding carboxylic acids is 1. The van der Waals surface area contributed by atoms with Gasteiger partial charge in [-0.25, -0.2) is 4.79 Å². The van der Waals surface area contributed by atoms with Gasteiger partial charge in [0.05, 0.1) is 5.88 Å². The average molecular weight is 302 g/mol. The SMILES string of the molecule is O=C(O)[C@@H]1CSCN1C(=O)c1cccc(-n2cccc2)c1. The molecule has 0 aliphatic carbocycles. The smallest absolute Gasteiger partial charge is 0.327 e. The van der Waals surface area contributed by atoms with Gasteiger partial charge < -0.3 is 14.6 Å². The third kappa shape index (κ3) is 2.67. The van der Waals surface area contributed by atoms with Gasteiger partial charge in [-0.2, -0.15) is 0 Å². The molecule has 108 valence electrons. The van der Waals surface area contributed by atoms with E-state index in [2.05, 4.69) is 0 Å². The Labute approximate surface area is 126 Å². The van der Waals surface area contributed by atoms with E-state index in [0.29, 0.717) is 17.2 Å². The molecule has 1 aliphatic heterocycles. The number of carboxylic acid groups (broad SMARTS) is 1. The quantitative estimate of drug-likeness (QED) is 0.943. The number of amides is 1. The maximum absolute atomic E-state index is 12.5. The predicted octanol–water partition coefficient (Wildman–Crippen LogP) is 2.08. The molecule has 1 aliphatic rings. The van der Waals surface area contributed by atoms with Crippen LogP contribution in [0.1, 0.15) is 10.4 Å². The van der Waals surface area contributed by atoms with Gasteiger partial charge in [0, 0.05) is 29.4 Å². The second-order valence-electron chi connectivity index (χ2n) is 4.77. The van der Waals surface area contributed by atoms with Gasteiger partial charge in [-0.05, 0) is 30.3 Å². The van der Waals surface area contributed by atoms with E-state index in [-0.39, 0.29) is 5.91 Å². The molecule has 2 aromatic rings. The Kier molecular flexibility index (Phi) is 3.70. The van der Waals surface area contributed by atoms with E-state index in [0.717, 1.165) is 5.69 Å². The van der Waals surface area contributed by atoms with Crippen molar-refractivity contribution < 1.29 is 14.7 Å². The van der Waals surface area contributed by atoms with Crippen LogP contribution in [0.2, 0.25) is 0 Å². The van der Waals surface area contributed by atoms with E-state index in [1.807, 2.05) is 41.2 Å². The van der Waals surface area contributed by atoms with Crippen LogP contribution in [0.15, 0.2) is 48.8 Å². The highest BCUT2D eigenvalue weighted by Gasteiger charge is 2.35. The molecule has 0 bridgehead atoms. The second-order valence-corrected chi connectivity index (χ2v) is 5.77. The van der Waals surface area contributed by atoms with Gasteiger partial charge in [-0.1, -0.05) is 6.07 Å². The van der Waals surface area contributed by atoms with E-state index >= 15 is 0 Å². The van der Waals surface area contributed by atoms with Crippen molar-refractivity contribution >= 4 is 23.6 Å². The standard InChI is InChI=1S/C15H14N2O3S/c18-14(17-10-21-9-13(17)15(19)20)11-4-3-5-12(8-11)16-6-1-2-7-16/h1-8,13H,9-10H2,(H,19,20)/t13-/m0/s1. The Morgan fingerprint density at radius 1 is 1.19 bits per heavy atom. The number of nitrogens with zero attached hydrogens (tertiary/aromatic N) is 2. The molecule has 21 heavy (non-hydrogen) atoms. The van der Waals surface area contributed by atoms with Gasteiger partial charge in [0.2, 0.25) is 0 Å². The molecule has 0 spiro atoms. The van der Waals surface area contributed by atoms with Gasteiger partial charge in [0.1, 0.15) is 6.04 Å². The van der Waals surface area contributed by atoms with Crippen LogP contribution in [0.3, 0.4) is 0 Å². The zero-order chi connectivity index (χ0) is 14.8. The molecule has 2 heterocycles. The highest BCUT2D eigenvalue weighted by Crippen LogP contribution is 2.24. The fourth-order valence-electron chi connectivity index (χ4n) is 2.32. The molecule has 1 saturated heterocycles. The number of thioether (sulfide) groups is 1. The molecule has 5 nitrogen and oxygen atoms in total. The number of aromatic nitrogens is 1. The molecule has 1 N–H and O–H groups in total. The molecule has 1 atom stereocenters. The third-order valence-electron chi connectivity index (χ3n) is 3.42. The minimum Gasteiger partial charge on any atom is -0.480 e. The zero-order valence-electron chi connectivity index (χ0n) is 11.2. The first kappa shape index (κ1) is 13.8. The van der Waals surface area contributed by atoms with Gasteiger partial charge >= 0.3 is 5.97 Å². The van der Waals surface area contributed by atoms with Crippen molar-refractivity contribution in [1.82, 2.24) is 9.47 Å². The molecule has 1 aromatic carbocycles. The first-order chi connectivity index (χ1) is 10.2.